The Labute approximate surface area is 159 Å². The molecule has 1 aromatic carbocycles. The molecule has 0 radical (unpaired) electrons. The summed E-state index contributed by atoms with van der Waals surface area (Å²) in [6.07, 6.45) is 7.35. The number of hydrogen-bond acceptors (Lipinski definition) is 5. The Morgan fingerprint density at radius 2 is 1.96 bits per heavy atom. The number of hydrogen-bond donors (Lipinski definition) is 0. The Hall–Kier alpha value is -2.30. The second kappa shape index (κ2) is 6.39. The molecule has 0 bridgehead atoms. The predicted octanol–water partition coefficient (Wildman–Crippen LogP) is 4.23. The molecule has 27 heavy (non-hydrogen) atoms. The standard InChI is InChI=1S/C22H25NO4/c1-2-25-21(24)17-13-22(17)6-3-14(4-7-22)15-5-8-23-18-12-20-19(11-16(15)18)26-9-10-27-20/h5,8,11-12,14,17H,2-4,6-7,9-10,13H2,1H3. The van der Waals surface area contributed by atoms with Gasteiger partial charge < -0.3 is 14.2 Å². The Balaban J connectivity index is 1.37. The van der Waals surface area contributed by atoms with Gasteiger partial charge in [-0.3, -0.25) is 9.78 Å². The van der Waals surface area contributed by atoms with E-state index in [0.717, 1.165) is 49.1 Å². The molecule has 0 saturated heterocycles. The average Bonchev–Trinajstić information content (AvgIpc) is 3.40. The van der Waals surface area contributed by atoms with Gasteiger partial charge in [-0.25, -0.2) is 0 Å². The highest BCUT2D eigenvalue weighted by molar-refractivity contribution is 5.86. The first-order chi connectivity index (χ1) is 13.2. The highest BCUT2D eigenvalue weighted by atomic mass is 16.6. The van der Waals surface area contributed by atoms with Crippen LogP contribution in [0.1, 0.15) is 50.5 Å². The van der Waals surface area contributed by atoms with Crippen molar-refractivity contribution in [3.8, 4) is 11.5 Å². The van der Waals surface area contributed by atoms with Crippen LogP contribution in [0.4, 0.5) is 0 Å². The SMILES string of the molecule is CCOC(=O)C1CC12CCC(c1ccnc3cc4c(cc13)OCCO4)CC2. The minimum absolute atomic E-state index is 0.00841. The number of aromatic nitrogens is 1. The first kappa shape index (κ1) is 16.8. The first-order valence-corrected chi connectivity index (χ1v) is 10.0. The largest absolute Gasteiger partial charge is 0.486 e. The van der Waals surface area contributed by atoms with E-state index in [1.54, 1.807) is 0 Å². The van der Waals surface area contributed by atoms with E-state index in [-0.39, 0.29) is 17.3 Å². The van der Waals surface area contributed by atoms with E-state index in [1.165, 1.54) is 10.9 Å². The van der Waals surface area contributed by atoms with Crippen LogP contribution in [0.5, 0.6) is 11.5 Å². The molecular formula is C22H25NO4. The molecule has 2 heterocycles. The van der Waals surface area contributed by atoms with Crippen molar-refractivity contribution >= 4 is 16.9 Å². The van der Waals surface area contributed by atoms with Crippen LogP contribution in [-0.2, 0) is 9.53 Å². The van der Waals surface area contributed by atoms with Gasteiger partial charge in [0.1, 0.15) is 13.2 Å². The highest BCUT2D eigenvalue weighted by Gasteiger charge is 2.59. The molecule has 2 aliphatic carbocycles. The molecule has 1 aromatic heterocycles. The topological polar surface area (TPSA) is 57.7 Å². The number of rotatable bonds is 3. The molecule has 5 nitrogen and oxygen atoms in total. The third-order valence-corrected chi connectivity index (χ3v) is 6.62. The van der Waals surface area contributed by atoms with Gasteiger partial charge in [0.05, 0.1) is 18.0 Å². The third kappa shape index (κ3) is 2.84. The maximum Gasteiger partial charge on any atom is 0.309 e. The number of carbonyl (C=O) groups is 1. The van der Waals surface area contributed by atoms with Gasteiger partial charge >= 0.3 is 5.97 Å². The second-order valence-electron chi connectivity index (χ2n) is 8.06. The van der Waals surface area contributed by atoms with Crippen molar-refractivity contribution in [2.24, 2.45) is 11.3 Å². The zero-order chi connectivity index (χ0) is 18.4. The van der Waals surface area contributed by atoms with E-state index in [1.807, 2.05) is 19.2 Å². The molecule has 0 amide bonds. The zero-order valence-electron chi connectivity index (χ0n) is 15.7. The number of fused-ring (bicyclic) bond motifs is 2. The Morgan fingerprint density at radius 3 is 2.70 bits per heavy atom. The lowest BCUT2D eigenvalue weighted by Gasteiger charge is -2.30. The molecule has 2 aromatic rings. The number of pyridine rings is 1. The minimum atomic E-state index is 0.00841. The van der Waals surface area contributed by atoms with Crippen molar-refractivity contribution in [2.75, 3.05) is 19.8 Å². The van der Waals surface area contributed by atoms with E-state index >= 15 is 0 Å². The minimum Gasteiger partial charge on any atom is -0.486 e. The van der Waals surface area contributed by atoms with Crippen molar-refractivity contribution in [3.05, 3.63) is 30.0 Å². The van der Waals surface area contributed by atoms with E-state index in [0.29, 0.717) is 25.7 Å². The summed E-state index contributed by atoms with van der Waals surface area (Å²) in [7, 11) is 0. The van der Waals surface area contributed by atoms with Gasteiger partial charge in [-0.15, -0.1) is 0 Å². The van der Waals surface area contributed by atoms with E-state index in [4.69, 9.17) is 14.2 Å². The van der Waals surface area contributed by atoms with Crippen LogP contribution in [0.3, 0.4) is 0 Å². The summed E-state index contributed by atoms with van der Waals surface area (Å²) < 4.78 is 16.7. The van der Waals surface area contributed by atoms with Crippen molar-refractivity contribution in [2.45, 2.75) is 44.9 Å². The second-order valence-corrected chi connectivity index (χ2v) is 8.06. The van der Waals surface area contributed by atoms with Gasteiger partial charge in [-0.05, 0) is 68.1 Å². The normalized spacial score (nSPS) is 28.9. The molecule has 1 spiro atoms. The molecule has 0 N–H and O–H groups in total. The summed E-state index contributed by atoms with van der Waals surface area (Å²) >= 11 is 0. The summed E-state index contributed by atoms with van der Waals surface area (Å²) in [5.74, 6) is 2.25. The van der Waals surface area contributed by atoms with Gasteiger partial charge in [0.15, 0.2) is 11.5 Å². The van der Waals surface area contributed by atoms with Gasteiger partial charge in [-0.1, -0.05) is 0 Å². The Kier molecular flexibility index (Phi) is 3.99. The van der Waals surface area contributed by atoms with Crippen molar-refractivity contribution in [1.29, 1.82) is 0 Å². The third-order valence-electron chi connectivity index (χ3n) is 6.62. The zero-order valence-corrected chi connectivity index (χ0v) is 15.7. The van der Waals surface area contributed by atoms with E-state index < -0.39 is 0 Å². The van der Waals surface area contributed by atoms with Crippen molar-refractivity contribution < 1.29 is 19.0 Å². The van der Waals surface area contributed by atoms with Crippen molar-refractivity contribution in [3.63, 3.8) is 0 Å². The molecule has 1 aliphatic heterocycles. The van der Waals surface area contributed by atoms with Crippen LogP contribution in [0.2, 0.25) is 0 Å². The fourth-order valence-corrected chi connectivity index (χ4v) is 5.04. The molecule has 142 valence electrons. The van der Waals surface area contributed by atoms with Crippen LogP contribution >= 0.6 is 0 Å². The summed E-state index contributed by atoms with van der Waals surface area (Å²) in [5.41, 5.74) is 2.52. The lowest BCUT2D eigenvalue weighted by Crippen LogP contribution is -2.20. The number of esters is 1. The summed E-state index contributed by atoms with van der Waals surface area (Å²) in [6.45, 7) is 3.54. The molecule has 1 atom stereocenters. The molecule has 2 saturated carbocycles. The molecule has 2 fully saturated rings. The van der Waals surface area contributed by atoms with Gasteiger partial charge in [0, 0.05) is 17.6 Å². The Morgan fingerprint density at radius 1 is 1.22 bits per heavy atom. The number of benzene rings is 1. The monoisotopic (exact) mass is 367 g/mol. The smallest absolute Gasteiger partial charge is 0.309 e. The van der Waals surface area contributed by atoms with E-state index in [9.17, 15) is 4.79 Å². The molecule has 3 aliphatic rings. The highest BCUT2D eigenvalue weighted by Crippen LogP contribution is 2.63. The number of ether oxygens (including phenoxy) is 3. The van der Waals surface area contributed by atoms with Crippen molar-refractivity contribution in [1.82, 2.24) is 4.98 Å². The molecule has 1 unspecified atom stereocenters. The fourth-order valence-electron chi connectivity index (χ4n) is 5.04. The maximum absolute atomic E-state index is 12.1. The summed E-state index contributed by atoms with van der Waals surface area (Å²) in [4.78, 5) is 16.6. The fraction of sp³-hybridized carbons (Fsp3) is 0.545. The summed E-state index contributed by atoms with van der Waals surface area (Å²) in [6, 6.07) is 6.24. The molecule has 5 heteroatoms. The van der Waals surface area contributed by atoms with Crippen LogP contribution in [0, 0.1) is 11.3 Å². The van der Waals surface area contributed by atoms with Gasteiger partial charge in [-0.2, -0.15) is 0 Å². The van der Waals surface area contributed by atoms with Crippen LogP contribution in [-0.4, -0.2) is 30.8 Å². The summed E-state index contributed by atoms with van der Waals surface area (Å²) in [5, 5.41) is 1.17. The first-order valence-electron chi connectivity index (χ1n) is 10.0. The maximum atomic E-state index is 12.1. The van der Waals surface area contributed by atoms with Crippen LogP contribution < -0.4 is 9.47 Å². The van der Waals surface area contributed by atoms with Gasteiger partial charge in [0.25, 0.3) is 0 Å². The van der Waals surface area contributed by atoms with E-state index in [2.05, 4.69) is 17.1 Å². The lowest BCUT2D eigenvalue weighted by atomic mass is 9.75. The van der Waals surface area contributed by atoms with Crippen LogP contribution in [0.25, 0.3) is 10.9 Å². The molecular weight excluding hydrogens is 342 g/mol. The van der Waals surface area contributed by atoms with Gasteiger partial charge in [0.2, 0.25) is 0 Å². The van der Waals surface area contributed by atoms with Crippen LogP contribution in [0.15, 0.2) is 24.4 Å². The number of nitrogens with zero attached hydrogens (tertiary/aromatic N) is 1. The quantitative estimate of drug-likeness (QED) is 0.760. The average molecular weight is 367 g/mol. The molecule has 5 rings (SSSR count). The predicted molar refractivity (Wildman–Crippen MR) is 101 cm³/mol. The number of carbonyl (C=O) groups excluding carboxylic acids is 1. The lowest BCUT2D eigenvalue weighted by molar-refractivity contribution is -0.145. The Bertz CT molecular complexity index is 885.